The van der Waals surface area contributed by atoms with E-state index in [9.17, 15) is 14.4 Å². The number of ketones is 1. The molecule has 1 saturated heterocycles. The van der Waals surface area contributed by atoms with E-state index in [4.69, 9.17) is 9.47 Å². The van der Waals surface area contributed by atoms with Crippen LogP contribution in [-0.2, 0) is 9.59 Å². The quantitative estimate of drug-likeness (QED) is 0.535. The van der Waals surface area contributed by atoms with Gasteiger partial charge in [-0.15, -0.1) is 0 Å². The molecule has 172 valence electrons. The van der Waals surface area contributed by atoms with Crippen molar-refractivity contribution < 1.29 is 23.9 Å². The maximum absolute atomic E-state index is 13.0. The summed E-state index contributed by atoms with van der Waals surface area (Å²) in [4.78, 5) is 38.9. The fourth-order valence-corrected chi connectivity index (χ4v) is 4.07. The third-order valence-electron chi connectivity index (χ3n) is 5.72. The van der Waals surface area contributed by atoms with Crippen molar-refractivity contribution in [1.82, 2.24) is 4.90 Å². The van der Waals surface area contributed by atoms with Crippen LogP contribution in [0.25, 0.3) is 6.08 Å². The smallest absolute Gasteiger partial charge is 0.262 e. The number of likely N-dealkylation sites (tertiary alicyclic amines) is 1. The van der Waals surface area contributed by atoms with Crippen LogP contribution >= 0.6 is 0 Å². The molecule has 0 aliphatic carbocycles. The lowest BCUT2D eigenvalue weighted by molar-refractivity contribution is -0.127. The Hall–Kier alpha value is -3.61. The van der Waals surface area contributed by atoms with Crippen molar-refractivity contribution in [2.45, 2.75) is 32.8 Å². The molecule has 0 spiro atoms. The van der Waals surface area contributed by atoms with Gasteiger partial charge in [0.25, 0.3) is 5.91 Å². The van der Waals surface area contributed by atoms with Gasteiger partial charge in [-0.2, -0.15) is 0 Å². The standard InChI is InChI=1S/C26H28N2O5/c1-17(2)33-21-5-3-4-18(14-21)6-9-25(30)28-12-10-19(11-13-28)26(31)20-7-8-23-22(15-20)27-24(29)16-32-23/h3-9,14-15,17,19H,10-13,16H2,1-2H3,(H,27,29)/b9-6+. The number of nitrogens with zero attached hydrogens (tertiary/aromatic N) is 1. The highest BCUT2D eigenvalue weighted by Gasteiger charge is 2.28. The van der Waals surface area contributed by atoms with Gasteiger partial charge in [0.1, 0.15) is 11.5 Å². The molecule has 2 aromatic carbocycles. The number of Topliss-reactive ketones (excluding diaryl/α,β-unsaturated/α-hetero) is 1. The van der Waals surface area contributed by atoms with Crippen molar-refractivity contribution in [1.29, 1.82) is 0 Å². The minimum Gasteiger partial charge on any atom is -0.491 e. The van der Waals surface area contributed by atoms with Gasteiger partial charge in [0.15, 0.2) is 12.4 Å². The zero-order valence-corrected chi connectivity index (χ0v) is 18.9. The SMILES string of the molecule is CC(C)Oc1cccc(/C=C/C(=O)N2CCC(C(=O)c3ccc4c(c3)NC(=O)CO4)CC2)c1. The van der Waals surface area contributed by atoms with E-state index in [1.807, 2.05) is 38.1 Å². The summed E-state index contributed by atoms with van der Waals surface area (Å²) >= 11 is 0. The van der Waals surface area contributed by atoms with Crippen molar-refractivity contribution >= 4 is 29.4 Å². The topological polar surface area (TPSA) is 84.9 Å². The summed E-state index contributed by atoms with van der Waals surface area (Å²) in [6.45, 7) is 4.98. The van der Waals surface area contributed by atoms with Gasteiger partial charge in [0, 0.05) is 30.6 Å². The molecule has 4 rings (SSSR count). The Morgan fingerprint density at radius 1 is 1.15 bits per heavy atom. The zero-order valence-electron chi connectivity index (χ0n) is 18.9. The third kappa shape index (κ3) is 5.61. The zero-order chi connectivity index (χ0) is 23.4. The van der Waals surface area contributed by atoms with Gasteiger partial charge < -0.3 is 19.7 Å². The van der Waals surface area contributed by atoms with Crippen molar-refractivity contribution in [2.75, 3.05) is 25.0 Å². The highest BCUT2D eigenvalue weighted by Crippen LogP contribution is 2.31. The van der Waals surface area contributed by atoms with Crippen molar-refractivity contribution in [3.05, 3.63) is 59.7 Å². The first-order chi connectivity index (χ1) is 15.9. The minimum atomic E-state index is -0.230. The molecule has 7 nitrogen and oxygen atoms in total. The Bertz CT molecular complexity index is 1080. The number of rotatable bonds is 6. The molecular weight excluding hydrogens is 420 g/mol. The molecule has 2 heterocycles. The molecule has 2 aliphatic rings. The molecule has 0 saturated carbocycles. The van der Waals surface area contributed by atoms with Gasteiger partial charge in [-0.1, -0.05) is 12.1 Å². The van der Waals surface area contributed by atoms with E-state index in [1.54, 1.807) is 35.3 Å². The molecule has 0 bridgehead atoms. The van der Waals surface area contributed by atoms with Crippen molar-refractivity contribution in [2.24, 2.45) is 5.92 Å². The number of ether oxygens (including phenoxy) is 2. The summed E-state index contributed by atoms with van der Waals surface area (Å²) in [6.07, 6.45) is 4.66. The van der Waals surface area contributed by atoms with E-state index in [-0.39, 0.29) is 36.2 Å². The maximum atomic E-state index is 13.0. The lowest BCUT2D eigenvalue weighted by Crippen LogP contribution is -2.39. The fourth-order valence-electron chi connectivity index (χ4n) is 4.07. The first kappa shape index (κ1) is 22.6. The summed E-state index contributed by atoms with van der Waals surface area (Å²) in [5.41, 5.74) is 1.97. The molecule has 2 amide bonds. The van der Waals surface area contributed by atoms with Crippen LogP contribution in [-0.4, -0.2) is 48.3 Å². The van der Waals surface area contributed by atoms with Crippen LogP contribution in [0.5, 0.6) is 11.5 Å². The molecule has 33 heavy (non-hydrogen) atoms. The summed E-state index contributed by atoms with van der Waals surface area (Å²) < 4.78 is 11.0. The molecule has 7 heteroatoms. The van der Waals surface area contributed by atoms with E-state index in [0.717, 1.165) is 11.3 Å². The van der Waals surface area contributed by atoms with Gasteiger partial charge in [0.2, 0.25) is 5.91 Å². The van der Waals surface area contributed by atoms with E-state index in [1.165, 1.54) is 0 Å². The number of fused-ring (bicyclic) bond motifs is 1. The molecule has 1 fully saturated rings. The third-order valence-corrected chi connectivity index (χ3v) is 5.72. The molecule has 1 N–H and O–H groups in total. The summed E-state index contributed by atoms with van der Waals surface area (Å²) in [7, 11) is 0. The first-order valence-corrected chi connectivity index (χ1v) is 11.2. The largest absolute Gasteiger partial charge is 0.491 e. The monoisotopic (exact) mass is 448 g/mol. The average molecular weight is 449 g/mol. The lowest BCUT2D eigenvalue weighted by atomic mass is 9.88. The molecule has 2 aromatic rings. The van der Waals surface area contributed by atoms with E-state index in [0.29, 0.717) is 42.9 Å². The number of nitrogens with one attached hydrogen (secondary N) is 1. The number of carbonyl (C=O) groups excluding carboxylic acids is 3. The normalized spacial score (nSPS) is 16.3. The molecule has 0 radical (unpaired) electrons. The van der Waals surface area contributed by atoms with Gasteiger partial charge in [0.05, 0.1) is 11.8 Å². The Morgan fingerprint density at radius 3 is 2.70 bits per heavy atom. The van der Waals surface area contributed by atoms with Gasteiger partial charge >= 0.3 is 0 Å². The predicted molar refractivity (Wildman–Crippen MR) is 125 cm³/mol. The highest BCUT2D eigenvalue weighted by atomic mass is 16.5. The number of piperidine rings is 1. The Balaban J connectivity index is 1.33. The van der Waals surface area contributed by atoms with Gasteiger partial charge in [-0.05, 0) is 68.7 Å². The van der Waals surface area contributed by atoms with Gasteiger partial charge in [-0.25, -0.2) is 0 Å². The Morgan fingerprint density at radius 2 is 1.94 bits per heavy atom. The molecule has 0 aromatic heterocycles. The highest BCUT2D eigenvalue weighted by molar-refractivity contribution is 6.02. The number of hydrogen-bond donors (Lipinski definition) is 1. The molecular formula is C26H28N2O5. The fraction of sp³-hybridized carbons (Fsp3) is 0.346. The number of anilines is 1. The summed E-state index contributed by atoms with van der Waals surface area (Å²) in [5, 5.41) is 2.74. The second-order valence-electron chi connectivity index (χ2n) is 8.58. The van der Waals surface area contributed by atoms with Gasteiger partial charge in [-0.3, -0.25) is 14.4 Å². The van der Waals surface area contributed by atoms with Crippen LogP contribution in [0.2, 0.25) is 0 Å². The Labute approximate surface area is 193 Å². The number of hydrogen-bond acceptors (Lipinski definition) is 5. The number of amides is 2. The lowest BCUT2D eigenvalue weighted by Gasteiger charge is -2.30. The van der Waals surface area contributed by atoms with E-state index < -0.39 is 0 Å². The van der Waals surface area contributed by atoms with Crippen molar-refractivity contribution in [3.63, 3.8) is 0 Å². The molecule has 2 aliphatic heterocycles. The van der Waals surface area contributed by atoms with Crippen LogP contribution in [0.3, 0.4) is 0 Å². The van der Waals surface area contributed by atoms with Crippen molar-refractivity contribution in [3.8, 4) is 11.5 Å². The van der Waals surface area contributed by atoms with Crippen LogP contribution in [0, 0.1) is 5.92 Å². The van der Waals surface area contributed by atoms with Crippen LogP contribution in [0.1, 0.15) is 42.6 Å². The molecule has 0 atom stereocenters. The van der Waals surface area contributed by atoms with E-state index >= 15 is 0 Å². The molecule has 0 unspecified atom stereocenters. The number of benzene rings is 2. The Kier molecular flexibility index (Phi) is 6.77. The summed E-state index contributed by atoms with van der Waals surface area (Å²) in [5.74, 6) is 0.922. The summed E-state index contributed by atoms with van der Waals surface area (Å²) in [6, 6.07) is 12.7. The second kappa shape index (κ2) is 9.90. The average Bonchev–Trinajstić information content (AvgIpc) is 2.81. The van der Waals surface area contributed by atoms with Crippen LogP contribution < -0.4 is 14.8 Å². The maximum Gasteiger partial charge on any atom is 0.262 e. The first-order valence-electron chi connectivity index (χ1n) is 11.2. The second-order valence-corrected chi connectivity index (χ2v) is 8.58. The predicted octanol–water partition coefficient (Wildman–Crippen LogP) is 3.94. The number of carbonyl (C=O) groups is 3. The minimum absolute atomic E-state index is 0.0155. The van der Waals surface area contributed by atoms with E-state index in [2.05, 4.69) is 5.32 Å². The van der Waals surface area contributed by atoms with Crippen LogP contribution in [0.15, 0.2) is 48.5 Å². The van der Waals surface area contributed by atoms with Crippen LogP contribution in [0.4, 0.5) is 5.69 Å².